The number of hydrogen-bond donors (Lipinski definition) is 0. The van der Waals surface area contributed by atoms with Crippen LogP contribution < -0.4 is 0 Å². The summed E-state index contributed by atoms with van der Waals surface area (Å²) >= 11 is 1.62. The number of aldehydes is 1. The van der Waals surface area contributed by atoms with Crippen LogP contribution in [0.25, 0.3) is 6.08 Å². The molecule has 0 radical (unpaired) electrons. The number of nitrogens with zero attached hydrogens (tertiary/aromatic N) is 1. The third kappa shape index (κ3) is 2.27. The molecule has 0 amide bonds. The minimum absolute atomic E-state index is 0.757. The maximum atomic E-state index is 9.94. The lowest BCUT2D eigenvalue weighted by Gasteiger charge is -1.79. The van der Waals surface area contributed by atoms with E-state index in [-0.39, 0.29) is 0 Å². The highest BCUT2D eigenvalue weighted by Gasteiger charge is 1.94. The van der Waals surface area contributed by atoms with Crippen molar-refractivity contribution >= 4 is 23.7 Å². The molecule has 2 nitrogen and oxygen atoms in total. The van der Waals surface area contributed by atoms with Crippen LogP contribution >= 0.6 is 11.3 Å². The molecular weight excluding hydrogens is 158 g/mol. The zero-order chi connectivity index (χ0) is 8.10. The monoisotopic (exact) mass is 167 g/mol. The lowest BCUT2D eigenvalue weighted by molar-refractivity contribution is -0.104. The molecule has 1 aromatic heterocycles. The number of rotatable bonds is 3. The van der Waals surface area contributed by atoms with Gasteiger partial charge < -0.3 is 0 Å². The lowest BCUT2D eigenvalue weighted by atomic mass is 10.4. The van der Waals surface area contributed by atoms with E-state index in [1.165, 1.54) is 11.0 Å². The molecule has 0 N–H and O–H groups in total. The van der Waals surface area contributed by atoms with Crippen molar-refractivity contribution in [3.05, 3.63) is 22.2 Å². The van der Waals surface area contributed by atoms with Gasteiger partial charge in [0.2, 0.25) is 0 Å². The smallest absolute Gasteiger partial charge is 0.142 e. The van der Waals surface area contributed by atoms with Gasteiger partial charge in [-0.1, -0.05) is 6.92 Å². The third-order valence-corrected chi connectivity index (χ3v) is 2.34. The molecule has 1 heterocycles. The van der Waals surface area contributed by atoms with Crippen LogP contribution in [0.1, 0.15) is 16.8 Å². The van der Waals surface area contributed by atoms with Gasteiger partial charge in [-0.3, -0.25) is 4.79 Å². The maximum Gasteiger partial charge on any atom is 0.142 e. The van der Waals surface area contributed by atoms with E-state index in [1.54, 1.807) is 17.4 Å². The van der Waals surface area contributed by atoms with E-state index in [0.29, 0.717) is 0 Å². The number of carbonyl (C=O) groups is 1. The average molecular weight is 167 g/mol. The van der Waals surface area contributed by atoms with E-state index in [2.05, 4.69) is 11.9 Å². The van der Waals surface area contributed by atoms with E-state index in [1.807, 2.05) is 6.20 Å². The molecular formula is C8H9NOS. The standard InChI is InChI=1S/C8H9NOS/c1-2-7-6-9-8(11-7)4-3-5-10/h3-6H,2H2,1H3. The highest BCUT2D eigenvalue weighted by Crippen LogP contribution is 2.13. The fourth-order valence-electron chi connectivity index (χ4n) is 0.685. The lowest BCUT2D eigenvalue weighted by Crippen LogP contribution is -1.65. The van der Waals surface area contributed by atoms with Gasteiger partial charge >= 0.3 is 0 Å². The summed E-state index contributed by atoms with van der Waals surface area (Å²) in [5.74, 6) is 0. The fraction of sp³-hybridized carbons (Fsp3) is 0.250. The number of thiazole rings is 1. The minimum Gasteiger partial charge on any atom is -0.299 e. The average Bonchev–Trinajstić information content (AvgIpc) is 2.48. The molecule has 1 rings (SSSR count). The summed E-state index contributed by atoms with van der Waals surface area (Å²) in [7, 11) is 0. The van der Waals surface area contributed by atoms with Crippen LogP contribution in [-0.4, -0.2) is 11.3 Å². The highest BCUT2D eigenvalue weighted by molar-refractivity contribution is 7.12. The Kier molecular flexibility index (Phi) is 2.98. The first-order valence-electron chi connectivity index (χ1n) is 3.43. The summed E-state index contributed by atoms with van der Waals surface area (Å²) in [6.07, 6.45) is 6.78. The first-order valence-corrected chi connectivity index (χ1v) is 4.25. The predicted octanol–water partition coefficient (Wildman–Crippen LogP) is 1.92. The Bertz CT molecular complexity index is 265. The maximum absolute atomic E-state index is 9.94. The Morgan fingerprint density at radius 3 is 3.09 bits per heavy atom. The molecule has 0 fully saturated rings. The SMILES string of the molecule is CCc1cnc(C=CC=O)s1. The van der Waals surface area contributed by atoms with Crippen LogP contribution in [0, 0.1) is 0 Å². The van der Waals surface area contributed by atoms with Crippen molar-refractivity contribution < 1.29 is 4.79 Å². The zero-order valence-electron chi connectivity index (χ0n) is 6.28. The molecule has 0 unspecified atom stereocenters. The second kappa shape index (κ2) is 4.03. The largest absolute Gasteiger partial charge is 0.299 e. The van der Waals surface area contributed by atoms with Crippen LogP contribution in [0.4, 0.5) is 0 Å². The van der Waals surface area contributed by atoms with Crippen LogP contribution in [0.3, 0.4) is 0 Å². The third-order valence-electron chi connectivity index (χ3n) is 1.24. The summed E-state index contributed by atoms with van der Waals surface area (Å²) in [4.78, 5) is 15.3. The predicted molar refractivity (Wildman–Crippen MR) is 46.6 cm³/mol. The van der Waals surface area contributed by atoms with Crippen LogP contribution in [0.2, 0.25) is 0 Å². The second-order valence-corrected chi connectivity index (χ2v) is 3.16. The van der Waals surface area contributed by atoms with Crippen molar-refractivity contribution in [3.8, 4) is 0 Å². The summed E-state index contributed by atoms with van der Waals surface area (Å²) < 4.78 is 0. The number of allylic oxidation sites excluding steroid dienone is 1. The highest BCUT2D eigenvalue weighted by atomic mass is 32.1. The van der Waals surface area contributed by atoms with E-state index < -0.39 is 0 Å². The number of aromatic nitrogens is 1. The molecule has 0 aliphatic rings. The molecule has 0 bridgehead atoms. The van der Waals surface area contributed by atoms with Gasteiger partial charge in [-0.05, 0) is 18.6 Å². The molecule has 0 saturated carbocycles. The van der Waals surface area contributed by atoms with Gasteiger partial charge in [-0.15, -0.1) is 11.3 Å². The van der Waals surface area contributed by atoms with Crippen molar-refractivity contribution in [2.24, 2.45) is 0 Å². The number of carbonyl (C=O) groups excluding carboxylic acids is 1. The molecule has 1 aromatic rings. The minimum atomic E-state index is 0.757. The van der Waals surface area contributed by atoms with Gasteiger partial charge in [0.1, 0.15) is 11.3 Å². The molecule has 58 valence electrons. The molecule has 0 atom stereocenters. The van der Waals surface area contributed by atoms with Crippen molar-refractivity contribution in [3.63, 3.8) is 0 Å². The van der Waals surface area contributed by atoms with Crippen LogP contribution in [0.15, 0.2) is 12.3 Å². The molecule has 0 aliphatic heterocycles. The second-order valence-electron chi connectivity index (χ2n) is 2.01. The van der Waals surface area contributed by atoms with Crippen molar-refractivity contribution in [1.82, 2.24) is 4.98 Å². The van der Waals surface area contributed by atoms with Gasteiger partial charge in [0.05, 0.1) is 0 Å². The van der Waals surface area contributed by atoms with Gasteiger partial charge in [0, 0.05) is 11.1 Å². The Morgan fingerprint density at radius 1 is 1.73 bits per heavy atom. The Hall–Kier alpha value is -0.960. The zero-order valence-corrected chi connectivity index (χ0v) is 7.10. The first-order chi connectivity index (χ1) is 5.36. The van der Waals surface area contributed by atoms with Gasteiger partial charge in [0.15, 0.2) is 0 Å². The summed E-state index contributed by atoms with van der Waals surface area (Å²) in [6, 6.07) is 0. The van der Waals surface area contributed by atoms with Gasteiger partial charge in [0.25, 0.3) is 0 Å². The van der Waals surface area contributed by atoms with E-state index in [0.717, 1.165) is 17.7 Å². The normalized spacial score (nSPS) is 10.6. The fourth-order valence-corrected chi connectivity index (χ4v) is 1.46. The molecule has 0 spiro atoms. The Balaban J connectivity index is 2.72. The summed E-state index contributed by atoms with van der Waals surface area (Å²) in [5.41, 5.74) is 0. The Morgan fingerprint density at radius 2 is 2.55 bits per heavy atom. The van der Waals surface area contributed by atoms with Gasteiger partial charge in [-0.25, -0.2) is 4.98 Å². The Labute approximate surface area is 69.6 Å². The van der Waals surface area contributed by atoms with Crippen molar-refractivity contribution in [2.75, 3.05) is 0 Å². The van der Waals surface area contributed by atoms with Crippen molar-refractivity contribution in [1.29, 1.82) is 0 Å². The first kappa shape index (κ1) is 8.14. The van der Waals surface area contributed by atoms with E-state index in [9.17, 15) is 4.79 Å². The molecule has 3 heteroatoms. The molecule has 11 heavy (non-hydrogen) atoms. The molecule has 0 aromatic carbocycles. The van der Waals surface area contributed by atoms with Crippen molar-refractivity contribution in [2.45, 2.75) is 13.3 Å². The summed E-state index contributed by atoms with van der Waals surface area (Å²) in [5, 5.41) is 0.897. The van der Waals surface area contributed by atoms with E-state index >= 15 is 0 Å². The van der Waals surface area contributed by atoms with Crippen LogP contribution in [0.5, 0.6) is 0 Å². The van der Waals surface area contributed by atoms with Gasteiger partial charge in [-0.2, -0.15) is 0 Å². The number of hydrogen-bond acceptors (Lipinski definition) is 3. The quantitative estimate of drug-likeness (QED) is 0.508. The molecule has 0 aliphatic carbocycles. The van der Waals surface area contributed by atoms with Crippen LogP contribution in [-0.2, 0) is 11.2 Å². The summed E-state index contributed by atoms with van der Waals surface area (Å²) in [6.45, 7) is 2.08. The van der Waals surface area contributed by atoms with E-state index in [4.69, 9.17) is 0 Å². The topological polar surface area (TPSA) is 30.0 Å². The number of aryl methyl sites for hydroxylation is 1. The molecule has 0 saturated heterocycles.